The molecular formula is C16H16FN3. The average molecular weight is 269 g/mol. The lowest BCUT2D eigenvalue weighted by atomic mass is 10.2. The van der Waals surface area contributed by atoms with E-state index in [0.717, 1.165) is 22.2 Å². The molecule has 0 saturated heterocycles. The van der Waals surface area contributed by atoms with Crippen LogP contribution in [0.25, 0.3) is 10.9 Å². The van der Waals surface area contributed by atoms with Gasteiger partial charge in [-0.15, -0.1) is 0 Å². The summed E-state index contributed by atoms with van der Waals surface area (Å²) < 4.78 is 15.5. The summed E-state index contributed by atoms with van der Waals surface area (Å²) in [5.41, 5.74) is 3.54. The zero-order valence-corrected chi connectivity index (χ0v) is 11.5. The summed E-state index contributed by atoms with van der Waals surface area (Å²) in [5, 5.41) is 8.71. The molecule has 3 rings (SSSR count). The second-order valence-corrected chi connectivity index (χ2v) is 4.92. The molecule has 0 saturated carbocycles. The lowest BCUT2D eigenvalue weighted by Gasteiger charge is -2.07. The van der Waals surface area contributed by atoms with Crippen molar-refractivity contribution in [3.8, 4) is 0 Å². The fourth-order valence-corrected chi connectivity index (χ4v) is 2.37. The highest BCUT2D eigenvalue weighted by Gasteiger charge is 2.08. The predicted molar refractivity (Wildman–Crippen MR) is 79.2 cm³/mol. The van der Waals surface area contributed by atoms with E-state index in [0.29, 0.717) is 12.2 Å². The van der Waals surface area contributed by atoms with Gasteiger partial charge in [-0.1, -0.05) is 24.3 Å². The number of benzene rings is 2. The summed E-state index contributed by atoms with van der Waals surface area (Å²) in [6.07, 6.45) is 0. The van der Waals surface area contributed by atoms with Crippen molar-refractivity contribution >= 4 is 16.6 Å². The number of hydrogen-bond acceptors (Lipinski definition) is 2. The van der Waals surface area contributed by atoms with Crippen molar-refractivity contribution in [2.45, 2.75) is 13.5 Å². The van der Waals surface area contributed by atoms with Crippen LogP contribution in [0.4, 0.5) is 10.1 Å². The summed E-state index contributed by atoms with van der Waals surface area (Å²) in [6.45, 7) is 2.45. The smallest absolute Gasteiger partial charge is 0.146 e. The third-order valence-electron chi connectivity index (χ3n) is 3.40. The Morgan fingerprint density at radius 1 is 1.20 bits per heavy atom. The van der Waals surface area contributed by atoms with Crippen LogP contribution in [0.1, 0.15) is 11.3 Å². The van der Waals surface area contributed by atoms with Crippen LogP contribution in [-0.4, -0.2) is 9.78 Å². The number of aromatic nitrogens is 2. The summed E-state index contributed by atoms with van der Waals surface area (Å²) in [7, 11) is 1.92. The Balaban J connectivity index is 1.89. The van der Waals surface area contributed by atoms with Crippen LogP contribution in [0.15, 0.2) is 42.5 Å². The van der Waals surface area contributed by atoms with Crippen molar-refractivity contribution in [3.05, 3.63) is 59.5 Å². The minimum Gasteiger partial charge on any atom is -0.377 e. The highest BCUT2D eigenvalue weighted by Crippen LogP contribution is 2.20. The van der Waals surface area contributed by atoms with E-state index in [9.17, 15) is 4.39 Å². The summed E-state index contributed by atoms with van der Waals surface area (Å²) >= 11 is 0. The van der Waals surface area contributed by atoms with Crippen molar-refractivity contribution in [2.24, 2.45) is 7.05 Å². The fourth-order valence-electron chi connectivity index (χ4n) is 2.37. The molecule has 4 heteroatoms. The van der Waals surface area contributed by atoms with Gasteiger partial charge in [-0.25, -0.2) is 4.39 Å². The fraction of sp³-hybridized carbons (Fsp3) is 0.188. The minimum absolute atomic E-state index is 0.240. The number of anilines is 1. The molecule has 0 aliphatic heterocycles. The van der Waals surface area contributed by atoms with Crippen LogP contribution in [0.5, 0.6) is 0 Å². The van der Waals surface area contributed by atoms with E-state index in [4.69, 9.17) is 0 Å². The Bertz CT molecular complexity index is 762. The molecule has 0 aliphatic rings. The molecule has 3 aromatic rings. The molecule has 0 radical (unpaired) electrons. The lowest BCUT2D eigenvalue weighted by Crippen LogP contribution is -2.03. The van der Waals surface area contributed by atoms with Gasteiger partial charge in [-0.3, -0.25) is 4.68 Å². The maximum atomic E-state index is 13.7. The van der Waals surface area contributed by atoms with Crippen LogP contribution in [-0.2, 0) is 13.6 Å². The molecule has 1 heterocycles. The van der Waals surface area contributed by atoms with Crippen molar-refractivity contribution in [3.63, 3.8) is 0 Å². The van der Waals surface area contributed by atoms with E-state index in [1.807, 2.05) is 42.9 Å². The van der Waals surface area contributed by atoms with Gasteiger partial charge in [-0.05, 0) is 30.7 Å². The van der Waals surface area contributed by atoms with Crippen molar-refractivity contribution in [1.29, 1.82) is 0 Å². The zero-order chi connectivity index (χ0) is 14.1. The summed E-state index contributed by atoms with van der Waals surface area (Å²) in [5.74, 6) is -0.240. The van der Waals surface area contributed by atoms with E-state index in [-0.39, 0.29) is 5.82 Å². The first-order valence-corrected chi connectivity index (χ1v) is 6.56. The van der Waals surface area contributed by atoms with Crippen molar-refractivity contribution in [2.75, 3.05) is 5.32 Å². The van der Waals surface area contributed by atoms with Crippen LogP contribution in [0.2, 0.25) is 0 Å². The minimum atomic E-state index is -0.240. The molecule has 0 spiro atoms. The van der Waals surface area contributed by atoms with E-state index >= 15 is 0 Å². The second-order valence-electron chi connectivity index (χ2n) is 4.92. The van der Waals surface area contributed by atoms with Gasteiger partial charge in [0.15, 0.2) is 0 Å². The molecule has 20 heavy (non-hydrogen) atoms. The molecule has 0 atom stereocenters. The van der Waals surface area contributed by atoms with Gasteiger partial charge in [0, 0.05) is 12.4 Å². The first-order valence-electron chi connectivity index (χ1n) is 6.56. The number of aryl methyl sites for hydroxylation is 2. The predicted octanol–water partition coefficient (Wildman–Crippen LogP) is 3.63. The van der Waals surface area contributed by atoms with Gasteiger partial charge in [0.05, 0.1) is 23.4 Å². The number of fused-ring (bicyclic) bond motifs is 1. The number of rotatable bonds is 3. The SMILES string of the molecule is Cc1ccc(F)c(NCc2nn(C)c3ccccc23)c1. The maximum Gasteiger partial charge on any atom is 0.146 e. The van der Waals surface area contributed by atoms with Gasteiger partial charge >= 0.3 is 0 Å². The summed E-state index contributed by atoms with van der Waals surface area (Å²) in [4.78, 5) is 0. The number of halogens is 1. The second kappa shape index (κ2) is 4.96. The van der Waals surface area contributed by atoms with Crippen molar-refractivity contribution < 1.29 is 4.39 Å². The lowest BCUT2D eigenvalue weighted by molar-refractivity contribution is 0.629. The normalized spacial score (nSPS) is 10.9. The van der Waals surface area contributed by atoms with Gasteiger partial charge in [0.2, 0.25) is 0 Å². The first kappa shape index (κ1) is 12.7. The Morgan fingerprint density at radius 2 is 2.00 bits per heavy atom. The molecule has 0 fully saturated rings. The molecule has 1 N–H and O–H groups in total. The standard InChI is InChI=1S/C16H16FN3/c1-11-7-8-13(17)14(9-11)18-10-15-12-5-3-4-6-16(12)20(2)19-15/h3-9,18H,10H2,1-2H3. The third kappa shape index (κ3) is 2.25. The highest BCUT2D eigenvalue weighted by atomic mass is 19.1. The van der Waals surface area contributed by atoms with Gasteiger partial charge in [0.1, 0.15) is 5.82 Å². The highest BCUT2D eigenvalue weighted by molar-refractivity contribution is 5.82. The number of nitrogens with zero attached hydrogens (tertiary/aromatic N) is 2. The Hall–Kier alpha value is -2.36. The van der Waals surface area contributed by atoms with Crippen LogP contribution >= 0.6 is 0 Å². The monoisotopic (exact) mass is 269 g/mol. The molecular weight excluding hydrogens is 253 g/mol. The largest absolute Gasteiger partial charge is 0.377 e. The molecule has 0 unspecified atom stereocenters. The third-order valence-corrected chi connectivity index (χ3v) is 3.40. The summed E-state index contributed by atoms with van der Waals surface area (Å²) in [6, 6.07) is 13.1. The number of para-hydroxylation sites is 1. The maximum absolute atomic E-state index is 13.7. The van der Waals surface area contributed by atoms with Gasteiger partial charge in [0.25, 0.3) is 0 Å². The van der Waals surface area contributed by atoms with E-state index < -0.39 is 0 Å². The number of nitrogens with one attached hydrogen (secondary N) is 1. The molecule has 1 aromatic heterocycles. The average Bonchev–Trinajstić information content (AvgIpc) is 2.77. The molecule has 0 aliphatic carbocycles. The Labute approximate surface area is 117 Å². The molecule has 0 bridgehead atoms. The molecule has 2 aromatic carbocycles. The number of hydrogen-bond donors (Lipinski definition) is 1. The van der Waals surface area contributed by atoms with Crippen LogP contribution in [0, 0.1) is 12.7 Å². The quantitative estimate of drug-likeness (QED) is 0.786. The van der Waals surface area contributed by atoms with Crippen LogP contribution < -0.4 is 5.32 Å². The topological polar surface area (TPSA) is 29.9 Å². The van der Waals surface area contributed by atoms with Crippen LogP contribution in [0.3, 0.4) is 0 Å². The van der Waals surface area contributed by atoms with E-state index in [1.165, 1.54) is 6.07 Å². The van der Waals surface area contributed by atoms with Gasteiger partial charge < -0.3 is 5.32 Å². The van der Waals surface area contributed by atoms with Gasteiger partial charge in [-0.2, -0.15) is 5.10 Å². The Morgan fingerprint density at radius 3 is 2.85 bits per heavy atom. The van der Waals surface area contributed by atoms with E-state index in [2.05, 4.69) is 10.4 Å². The van der Waals surface area contributed by atoms with Crippen molar-refractivity contribution in [1.82, 2.24) is 9.78 Å². The molecule has 3 nitrogen and oxygen atoms in total. The molecule has 0 amide bonds. The zero-order valence-electron chi connectivity index (χ0n) is 11.5. The Kier molecular flexibility index (Phi) is 3.14. The molecule has 102 valence electrons. The van der Waals surface area contributed by atoms with E-state index in [1.54, 1.807) is 12.1 Å². The first-order chi connectivity index (χ1) is 9.65.